The predicted molar refractivity (Wildman–Crippen MR) is 75.4 cm³/mol. The summed E-state index contributed by atoms with van der Waals surface area (Å²) < 4.78 is 38.0. The summed E-state index contributed by atoms with van der Waals surface area (Å²) in [5, 5.41) is 3.79. The van der Waals surface area contributed by atoms with E-state index in [4.69, 9.17) is 13.7 Å². The second-order valence-electron chi connectivity index (χ2n) is 5.29. The summed E-state index contributed by atoms with van der Waals surface area (Å²) in [4.78, 5) is 11.7. The van der Waals surface area contributed by atoms with E-state index in [1.807, 2.05) is 0 Å². The molecule has 22 heavy (non-hydrogen) atoms. The van der Waals surface area contributed by atoms with Gasteiger partial charge in [-0.05, 0) is 24.5 Å². The molecule has 0 unspecified atom stereocenters. The Kier molecular flexibility index (Phi) is 4.02. The molecule has 3 heterocycles. The molecule has 0 aliphatic carbocycles. The lowest BCUT2D eigenvalue weighted by Gasteiger charge is -2.06. The van der Waals surface area contributed by atoms with E-state index < -0.39 is 15.8 Å². The van der Waals surface area contributed by atoms with Crippen LogP contribution in [0, 0.1) is 5.92 Å². The van der Waals surface area contributed by atoms with Crippen LogP contribution >= 0.6 is 0 Å². The quantitative estimate of drug-likeness (QED) is 0.773. The van der Waals surface area contributed by atoms with Crippen molar-refractivity contribution in [1.29, 1.82) is 0 Å². The average molecular weight is 325 g/mol. The highest BCUT2D eigenvalue weighted by Crippen LogP contribution is 2.23. The minimum atomic E-state index is -2.98. The highest BCUT2D eigenvalue weighted by Gasteiger charge is 2.29. The molecule has 0 radical (unpaired) electrons. The van der Waals surface area contributed by atoms with Gasteiger partial charge in [-0.15, -0.1) is 0 Å². The first kappa shape index (κ1) is 14.8. The summed E-state index contributed by atoms with van der Waals surface area (Å²) in [5.74, 6) is 0.646. The fraction of sp³-hybridized carbons (Fsp3) is 0.429. The van der Waals surface area contributed by atoms with Gasteiger partial charge in [0.05, 0.1) is 17.8 Å². The van der Waals surface area contributed by atoms with Gasteiger partial charge in [0.15, 0.2) is 15.6 Å². The molecule has 3 rings (SSSR count). The second-order valence-corrected chi connectivity index (χ2v) is 7.52. The molecule has 0 N–H and O–H groups in total. The third-order valence-electron chi connectivity index (χ3n) is 3.49. The van der Waals surface area contributed by atoms with Crippen molar-refractivity contribution in [3.8, 4) is 11.5 Å². The van der Waals surface area contributed by atoms with Crippen LogP contribution in [0.5, 0.6) is 0 Å². The first-order valence-corrected chi connectivity index (χ1v) is 8.69. The lowest BCUT2D eigenvalue weighted by atomic mass is 10.1. The van der Waals surface area contributed by atoms with Crippen molar-refractivity contribution in [3.05, 3.63) is 30.2 Å². The number of carbonyl (C=O) groups is 1. The van der Waals surface area contributed by atoms with Gasteiger partial charge < -0.3 is 13.7 Å². The summed E-state index contributed by atoms with van der Waals surface area (Å²) >= 11 is 0. The van der Waals surface area contributed by atoms with Crippen molar-refractivity contribution in [3.63, 3.8) is 0 Å². The molecule has 1 fully saturated rings. The zero-order chi connectivity index (χ0) is 15.6. The number of sulfone groups is 1. The molecule has 0 aromatic carbocycles. The fourth-order valence-electron chi connectivity index (χ4n) is 2.40. The number of aromatic nitrogens is 1. The van der Waals surface area contributed by atoms with Crippen LogP contribution in [0.3, 0.4) is 0 Å². The Morgan fingerprint density at radius 1 is 1.41 bits per heavy atom. The Hall–Kier alpha value is -2.09. The number of rotatable bonds is 5. The monoisotopic (exact) mass is 325 g/mol. The molecule has 1 saturated heterocycles. The van der Waals surface area contributed by atoms with Crippen LogP contribution in [0.25, 0.3) is 11.5 Å². The Bertz CT molecular complexity index is 746. The zero-order valence-corrected chi connectivity index (χ0v) is 12.5. The van der Waals surface area contributed by atoms with E-state index in [2.05, 4.69) is 5.16 Å². The van der Waals surface area contributed by atoms with Crippen molar-refractivity contribution < 1.29 is 26.9 Å². The van der Waals surface area contributed by atoms with Crippen LogP contribution in [0.4, 0.5) is 0 Å². The zero-order valence-electron chi connectivity index (χ0n) is 11.7. The molecular weight excluding hydrogens is 310 g/mol. The van der Waals surface area contributed by atoms with Crippen LogP contribution in [-0.2, 0) is 26.0 Å². The minimum absolute atomic E-state index is 0.0114. The van der Waals surface area contributed by atoms with Gasteiger partial charge in [0, 0.05) is 12.5 Å². The molecular formula is C14H15NO6S. The normalized spacial score (nSPS) is 20.1. The second kappa shape index (κ2) is 5.96. The molecule has 1 atom stereocenters. The van der Waals surface area contributed by atoms with E-state index in [1.54, 1.807) is 18.2 Å². The maximum absolute atomic E-state index is 11.7. The molecule has 0 saturated carbocycles. The van der Waals surface area contributed by atoms with Gasteiger partial charge in [-0.3, -0.25) is 4.79 Å². The highest BCUT2D eigenvalue weighted by molar-refractivity contribution is 7.91. The van der Waals surface area contributed by atoms with E-state index in [1.165, 1.54) is 6.26 Å². The van der Waals surface area contributed by atoms with E-state index in [9.17, 15) is 13.2 Å². The number of hydrogen-bond acceptors (Lipinski definition) is 7. The third kappa shape index (κ3) is 3.56. The van der Waals surface area contributed by atoms with Crippen LogP contribution < -0.4 is 0 Å². The molecule has 1 aliphatic rings. The number of hydrogen-bond donors (Lipinski definition) is 0. The number of ether oxygens (including phenoxy) is 1. The molecule has 1 aliphatic heterocycles. The summed E-state index contributed by atoms with van der Waals surface area (Å²) in [5.41, 5.74) is 0.471. The fourth-order valence-corrected chi connectivity index (χ4v) is 4.26. The van der Waals surface area contributed by atoms with Crippen LogP contribution in [0.15, 0.2) is 33.4 Å². The van der Waals surface area contributed by atoms with Crippen molar-refractivity contribution in [2.24, 2.45) is 5.92 Å². The first-order chi connectivity index (χ1) is 10.5. The van der Waals surface area contributed by atoms with Crippen molar-refractivity contribution in [2.45, 2.75) is 19.4 Å². The summed E-state index contributed by atoms with van der Waals surface area (Å²) in [6, 6.07) is 5.09. The largest absolute Gasteiger partial charge is 0.461 e. The minimum Gasteiger partial charge on any atom is -0.461 e. The predicted octanol–water partition coefficient (Wildman–Crippen LogP) is 1.80. The highest BCUT2D eigenvalue weighted by atomic mass is 32.2. The van der Waals surface area contributed by atoms with Crippen LogP contribution in [-0.4, -0.2) is 31.0 Å². The molecule has 2 aromatic rings. The topological polar surface area (TPSA) is 99.6 Å². The Balaban J connectivity index is 1.49. The number of furan rings is 1. The van der Waals surface area contributed by atoms with Gasteiger partial charge in [0.25, 0.3) is 0 Å². The SMILES string of the molecule is O=C(C[C@H]1CCS(=O)(=O)C1)OCc1cc(-c2ccco2)on1. The lowest BCUT2D eigenvalue weighted by Crippen LogP contribution is -2.13. The molecule has 0 bridgehead atoms. The van der Waals surface area contributed by atoms with Gasteiger partial charge >= 0.3 is 5.97 Å². The summed E-state index contributed by atoms with van der Waals surface area (Å²) in [6.45, 7) is -0.0114. The molecule has 0 amide bonds. The average Bonchev–Trinajstić information content (AvgIpc) is 3.16. The van der Waals surface area contributed by atoms with E-state index in [0.717, 1.165) is 0 Å². The first-order valence-electron chi connectivity index (χ1n) is 6.87. The van der Waals surface area contributed by atoms with E-state index in [-0.39, 0.29) is 30.5 Å². The van der Waals surface area contributed by atoms with E-state index in [0.29, 0.717) is 23.6 Å². The standard InChI is InChI=1S/C14H15NO6S/c16-14(6-10-3-5-22(17,18)9-10)20-8-11-7-13(21-15-11)12-2-1-4-19-12/h1-2,4,7,10H,3,5-6,8-9H2/t10-/m1/s1. The molecule has 7 nitrogen and oxygen atoms in total. The molecule has 8 heteroatoms. The third-order valence-corrected chi connectivity index (χ3v) is 5.32. The Morgan fingerprint density at radius 3 is 2.95 bits per heavy atom. The number of nitrogens with zero attached hydrogens (tertiary/aromatic N) is 1. The van der Waals surface area contributed by atoms with Crippen molar-refractivity contribution in [1.82, 2.24) is 5.16 Å². The number of carbonyl (C=O) groups excluding carboxylic acids is 1. The maximum atomic E-state index is 11.7. The van der Waals surface area contributed by atoms with Gasteiger partial charge in [-0.2, -0.15) is 0 Å². The maximum Gasteiger partial charge on any atom is 0.306 e. The van der Waals surface area contributed by atoms with Crippen molar-refractivity contribution in [2.75, 3.05) is 11.5 Å². The van der Waals surface area contributed by atoms with Crippen LogP contribution in [0.1, 0.15) is 18.5 Å². The molecule has 2 aromatic heterocycles. The Morgan fingerprint density at radius 2 is 2.27 bits per heavy atom. The molecule has 118 valence electrons. The van der Waals surface area contributed by atoms with Crippen LogP contribution in [0.2, 0.25) is 0 Å². The lowest BCUT2D eigenvalue weighted by molar-refractivity contribution is -0.146. The Labute approximate surface area is 127 Å². The van der Waals surface area contributed by atoms with Gasteiger partial charge in [-0.25, -0.2) is 8.42 Å². The van der Waals surface area contributed by atoms with Gasteiger partial charge in [-0.1, -0.05) is 5.16 Å². The number of esters is 1. The van der Waals surface area contributed by atoms with Gasteiger partial charge in [0.1, 0.15) is 12.3 Å². The summed E-state index contributed by atoms with van der Waals surface area (Å²) in [6.07, 6.45) is 2.15. The summed E-state index contributed by atoms with van der Waals surface area (Å²) in [7, 11) is -2.98. The van der Waals surface area contributed by atoms with Crippen molar-refractivity contribution >= 4 is 15.8 Å². The molecule has 0 spiro atoms. The van der Waals surface area contributed by atoms with E-state index >= 15 is 0 Å². The van der Waals surface area contributed by atoms with Gasteiger partial charge in [0.2, 0.25) is 5.76 Å². The smallest absolute Gasteiger partial charge is 0.306 e.